The number of para-hydroxylation sites is 1. The van der Waals surface area contributed by atoms with Crippen LogP contribution in [0.3, 0.4) is 0 Å². The van der Waals surface area contributed by atoms with Crippen molar-refractivity contribution in [1.82, 2.24) is 14.9 Å². The molecule has 1 aromatic heterocycles. The zero-order valence-electron chi connectivity index (χ0n) is 13.1. The Morgan fingerprint density at radius 3 is 2.71 bits per heavy atom. The lowest BCUT2D eigenvalue weighted by Crippen LogP contribution is -2.55. The van der Waals surface area contributed by atoms with Crippen LogP contribution in [0.2, 0.25) is 0 Å². The fraction of sp³-hybridized carbons (Fsp3) is 0.294. The second kappa shape index (κ2) is 6.66. The predicted octanol–water partition coefficient (Wildman–Crippen LogP) is 0.859. The molecular weight excluding hydrogens is 308 g/mol. The molecule has 0 aliphatic carbocycles. The van der Waals surface area contributed by atoms with Crippen LogP contribution in [0.25, 0.3) is 0 Å². The summed E-state index contributed by atoms with van der Waals surface area (Å²) in [6.07, 6.45) is 5.57. The second-order valence-corrected chi connectivity index (χ2v) is 5.57. The van der Waals surface area contributed by atoms with Crippen LogP contribution in [0.1, 0.15) is 18.5 Å². The number of ether oxygens (including phenoxy) is 1. The van der Waals surface area contributed by atoms with Crippen LogP contribution >= 0.6 is 0 Å². The number of carbonyl (C=O) groups is 2. The van der Waals surface area contributed by atoms with Crippen molar-refractivity contribution in [2.75, 3.05) is 13.2 Å². The lowest BCUT2D eigenvalue weighted by Gasteiger charge is -2.34. The lowest BCUT2D eigenvalue weighted by molar-refractivity contribution is -0.146. The Balaban J connectivity index is 1.82. The van der Waals surface area contributed by atoms with Gasteiger partial charge in [-0.1, -0.05) is 18.2 Å². The third-order valence-electron chi connectivity index (χ3n) is 4.18. The number of rotatable bonds is 5. The summed E-state index contributed by atoms with van der Waals surface area (Å²) < 4.78 is 5.51. The summed E-state index contributed by atoms with van der Waals surface area (Å²) >= 11 is 0. The molecule has 2 N–H and O–H groups in total. The van der Waals surface area contributed by atoms with Crippen LogP contribution in [-0.2, 0) is 15.1 Å². The van der Waals surface area contributed by atoms with Gasteiger partial charge in [0, 0.05) is 18.9 Å². The fourth-order valence-corrected chi connectivity index (χ4v) is 3.06. The largest absolute Gasteiger partial charge is 0.484 e. The lowest BCUT2D eigenvalue weighted by atomic mass is 9.91. The summed E-state index contributed by atoms with van der Waals surface area (Å²) in [5.74, 6) is -0.316. The first-order chi connectivity index (χ1) is 11.6. The number of nitrogens with zero attached hydrogens (tertiary/aromatic N) is 3. The molecule has 2 aromatic rings. The quantitative estimate of drug-likeness (QED) is 0.878. The Kier molecular flexibility index (Phi) is 4.41. The van der Waals surface area contributed by atoms with Crippen LogP contribution < -0.4 is 10.5 Å². The standard InChI is InChI=1S/C17H18N4O3/c18-16(23)17(14-11-19-8-9-20-14)7-4-10-21(17)15(22)12-24-13-5-2-1-3-6-13/h1-3,5-6,8-9,11H,4,7,10,12H2,(H2,18,23)/t17-/m0/s1. The van der Waals surface area contributed by atoms with Gasteiger partial charge in [-0.15, -0.1) is 0 Å². The normalized spacial score (nSPS) is 19.9. The maximum atomic E-state index is 12.7. The Morgan fingerprint density at radius 2 is 2.04 bits per heavy atom. The smallest absolute Gasteiger partial charge is 0.261 e. The molecule has 3 rings (SSSR count). The summed E-state index contributed by atoms with van der Waals surface area (Å²) in [5, 5.41) is 0. The molecule has 1 fully saturated rings. The number of primary amides is 1. The number of nitrogens with two attached hydrogens (primary N) is 1. The summed E-state index contributed by atoms with van der Waals surface area (Å²) in [6.45, 7) is 0.260. The Bertz CT molecular complexity index is 723. The maximum Gasteiger partial charge on any atom is 0.261 e. The van der Waals surface area contributed by atoms with E-state index in [1.807, 2.05) is 18.2 Å². The van der Waals surface area contributed by atoms with Gasteiger partial charge in [0.15, 0.2) is 12.1 Å². The van der Waals surface area contributed by atoms with Crippen molar-refractivity contribution in [2.45, 2.75) is 18.4 Å². The molecule has 124 valence electrons. The molecule has 0 saturated carbocycles. The van der Waals surface area contributed by atoms with Gasteiger partial charge in [0.25, 0.3) is 5.91 Å². The second-order valence-electron chi connectivity index (χ2n) is 5.57. The summed E-state index contributed by atoms with van der Waals surface area (Å²) in [7, 11) is 0. The third kappa shape index (κ3) is 2.80. The minimum absolute atomic E-state index is 0.167. The molecule has 0 spiro atoms. The van der Waals surface area contributed by atoms with Crippen molar-refractivity contribution >= 4 is 11.8 Å². The highest BCUT2D eigenvalue weighted by Gasteiger charge is 2.51. The SMILES string of the molecule is NC(=O)[C@@]1(c2cnccn2)CCCN1C(=O)COc1ccccc1. The molecular formula is C17H18N4O3. The number of amides is 2. The minimum atomic E-state index is -1.26. The summed E-state index contributed by atoms with van der Waals surface area (Å²) in [6, 6.07) is 9.04. The van der Waals surface area contributed by atoms with Crippen molar-refractivity contribution < 1.29 is 14.3 Å². The topological polar surface area (TPSA) is 98.4 Å². The number of carbonyl (C=O) groups excluding carboxylic acids is 2. The highest BCUT2D eigenvalue weighted by Crippen LogP contribution is 2.37. The average molecular weight is 326 g/mol. The van der Waals surface area contributed by atoms with E-state index in [1.54, 1.807) is 12.1 Å². The van der Waals surface area contributed by atoms with E-state index in [-0.39, 0.29) is 12.5 Å². The van der Waals surface area contributed by atoms with E-state index in [4.69, 9.17) is 10.5 Å². The predicted molar refractivity (Wildman–Crippen MR) is 85.8 cm³/mol. The van der Waals surface area contributed by atoms with Crippen molar-refractivity contribution in [3.8, 4) is 5.75 Å². The van der Waals surface area contributed by atoms with Gasteiger partial charge in [-0.25, -0.2) is 0 Å². The van der Waals surface area contributed by atoms with E-state index in [2.05, 4.69) is 9.97 Å². The van der Waals surface area contributed by atoms with Crippen molar-refractivity contribution in [3.05, 3.63) is 54.6 Å². The number of aromatic nitrogens is 2. The molecule has 0 unspecified atom stereocenters. The molecule has 7 heteroatoms. The molecule has 2 amide bonds. The molecule has 1 aliphatic heterocycles. The molecule has 1 aliphatic rings. The Hall–Kier alpha value is -2.96. The zero-order valence-corrected chi connectivity index (χ0v) is 13.1. The first kappa shape index (κ1) is 15.9. The van der Waals surface area contributed by atoms with Crippen LogP contribution in [0.15, 0.2) is 48.9 Å². The van der Waals surface area contributed by atoms with Crippen molar-refractivity contribution in [3.63, 3.8) is 0 Å². The molecule has 0 radical (unpaired) electrons. The number of hydrogen-bond acceptors (Lipinski definition) is 5. The first-order valence-corrected chi connectivity index (χ1v) is 7.69. The van der Waals surface area contributed by atoms with Gasteiger partial charge in [-0.05, 0) is 25.0 Å². The molecule has 24 heavy (non-hydrogen) atoms. The van der Waals surface area contributed by atoms with E-state index in [0.717, 1.165) is 0 Å². The molecule has 2 heterocycles. The molecule has 1 aromatic carbocycles. The first-order valence-electron chi connectivity index (χ1n) is 7.69. The highest BCUT2D eigenvalue weighted by molar-refractivity contribution is 5.92. The number of hydrogen-bond donors (Lipinski definition) is 1. The van der Waals surface area contributed by atoms with E-state index >= 15 is 0 Å². The van der Waals surface area contributed by atoms with E-state index < -0.39 is 11.4 Å². The van der Waals surface area contributed by atoms with Gasteiger partial charge in [-0.2, -0.15) is 0 Å². The number of likely N-dealkylation sites (tertiary alicyclic amines) is 1. The van der Waals surface area contributed by atoms with Crippen LogP contribution in [0.4, 0.5) is 0 Å². The maximum absolute atomic E-state index is 12.7. The van der Waals surface area contributed by atoms with Crippen LogP contribution in [0.5, 0.6) is 5.75 Å². The van der Waals surface area contributed by atoms with Gasteiger partial charge in [-0.3, -0.25) is 19.6 Å². The summed E-state index contributed by atoms with van der Waals surface area (Å²) in [4.78, 5) is 34.6. The van der Waals surface area contributed by atoms with Crippen LogP contribution in [0, 0.1) is 0 Å². The van der Waals surface area contributed by atoms with Crippen LogP contribution in [-0.4, -0.2) is 39.8 Å². The van der Waals surface area contributed by atoms with Gasteiger partial charge >= 0.3 is 0 Å². The molecule has 1 atom stereocenters. The van der Waals surface area contributed by atoms with Crippen molar-refractivity contribution in [2.24, 2.45) is 5.73 Å². The Morgan fingerprint density at radius 1 is 1.25 bits per heavy atom. The molecule has 7 nitrogen and oxygen atoms in total. The number of benzene rings is 1. The van der Waals surface area contributed by atoms with E-state index in [1.165, 1.54) is 23.5 Å². The minimum Gasteiger partial charge on any atom is -0.484 e. The monoisotopic (exact) mass is 326 g/mol. The molecule has 0 bridgehead atoms. The van der Waals surface area contributed by atoms with E-state index in [0.29, 0.717) is 30.8 Å². The van der Waals surface area contributed by atoms with Gasteiger partial charge in [0.2, 0.25) is 5.91 Å². The molecule has 1 saturated heterocycles. The summed E-state index contributed by atoms with van der Waals surface area (Å²) in [5.41, 5.74) is 4.79. The van der Waals surface area contributed by atoms with Gasteiger partial charge in [0.1, 0.15) is 5.75 Å². The van der Waals surface area contributed by atoms with E-state index in [9.17, 15) is 9.59 Å². The highest BCUT2D eigenvalue weighted by atomic mass is 16.5. The van der Waals surface area contributed by atoms with Gasteiger partial charge < -0.3 is 15.4 Å². The fourth-order valence-electron chi connectivity index (χ4n) is 3.06. The third-order valence-corrected chi connectivity index (χ3v) is 4.18. The zero-order chi connectivity index (χ0) is 17.0. The Labute approximate surface area is 139 Å². The van der Waals surface area contributed by atoms with Crippen molar-refractivity contribution in [1.29, 1.82) is 0 Å². The average Bonchev–Trinajstić information content (AvgIpc) is 3.07. The van der Waals surface area contributed by atoms with Gasteiger partial charge in [0.05, 0.1) is 11.9 Å².